The van der Waals surface area contributed by atoms with Crippen LogP contribution >= 0.6 is 0 Å². The van der Waals surface area contributed by atoms with E-state index in [2.05, 4.69) is 15.3 Å². The van der Waals surface area contributed by atoms with Crippen LogP contribution < -0.4 is 5.32 Å². The zero-order valence-electron chi connectivity index (χ0n) is 10.5. The molecule has 0 bridgehead atoms. The molecule has 0 saturated carbocycles. The van der Waals surface area contributed by atoms with E-state index in [0.29, 0.717) is 18.5 Å². The summed E-state index contributed by atoms with van der Waals surface area (Å²) < 4.78 is 19.2. The summed E-state index contributed by atoms with van der Waals surface area (Å²) >= 11 is 0. The number of nitrogens with zero attached hydrogens (tertiary/aromatic N) is 2. The van der Waals surface area contributed by atoms with Crippen molar-refractivity contribution in [2.45, 2.75) is 32.7 Å². The lowest BCUT2D eigenvalue weighted by molar-refractivity contribution is 0.496. The third-order valence-electron chi connectivity index (χ3n) is 2.67. The first-order valence-electron chi connectivity index (χ1n) is 5.99. The maximum absolute atomic E-state index is 13.9. The van der Waals surface area contributed by atoms with Gasteiger partial charge in [-0.15, -0.1) is 0 Å². The summed E-state index contributed by atoms with van der Waals surface area (Å²) in [6, 6.07) is 3.76. The van der Waals surface area contributed by atoms with Crippen LogP contribution in [0.15, 0.2) is 29.1 Å². The molecule has 0 aromatic carbocycles. The summed E-state index contributed by atoms with van der Waals surface area (Å²) in [5.41, 5.74) is 0.428. The van der Waals surface area contributed by atoms with Gasteiger partial charge in [0.25, 0.3) is 0 Å². The molecule has 0 saturated heterocycles. The van der Waals surface area contributed by atoms with Crippen LogP contribution in [0.2, 0.25) is 0 Å². The molecule has 0 radical (unpaired) electrons. The van der Waals surface area contributed by atoms with Gasteiger partial charge in [-0.05, 0) is 25.5 Å². The Labute approximate surface area is 105 Å². The van der Waals surface area contributed by atoms with Crippen LogP contribution in [0.3, 0.4) is 0 Å². The summed E-state index contributed by atoms with van der Waals surface area (Å²) in [6.07, 6.45) is 4.24. The topological polar surface area (TPSA) is 51.0 Å². The van der Waals surface area contributed by atoms with Gasteiger partial charge in [0.1, 0.15) is 12.1 Å². The van der Waals surface area contributed by atoms with Gasteiger partial charge in [0, 0.05) is 12.5 Å². The molecule has 0 amide bonds. The second-order valence-electron chi connectivity index (χ2n) is 4.17. The minimum atomic E-state index is -0.369. The zero-order valence-corrected chi connectivity index (χ0v) is 10.5. The largest absolute Gasteiger partial charge is 0.469 e. The summed E-state index contributed by atoms with van der Waals surface area (Å²) in [7, 11) is 0. The Morgan fingerprint density at radius 2 is 2.28 bits per heavy atom. The van der Waals surface area contributed by atoms with Gasteiger partial charge in [-0.1, -0.05) is 6.92 Å². The number of furan rings is 1. The number of aryl methyl sites for hydroxylation is 1. The van der Waals surface area contributed by atoms with Crippen molar-refractivity contribution >= 4 is 5.82 Å². The molecule has 5 heteroatoms. The van der Waals surface area contributed by atoms with Crippen molar-refractivity contribution in [1.29, 1.82) is 0 Å². The van der Waals surface area contributed by atoms with Crippen LogP contribution in [0.25, 0.3) is 0 Å². The number of anilines is 1. The fraction of sp³-hybridized carbons (Fsp3) is 0.385. The molecule has 0 aliphatic carbocycles. The zero-order chi connectivity index (χ0) is 13.0. The molecule has 0 aliphatic rings. The summed E-state index contributed by atoms with van der Waals surface area (Å²) in [5, 5.41) is 3.04. The van der Waals surface area contributed by atoms with Crippen LogP contribution in [0.1, 0.15) is 25.3 Å². The highest BCUT2D eigenvalue weighted by Crippen LogP contribution is 2.15. The molecule has 96 valence electrons. The number of hydrogen-bond acceptors (Lipinski definition) is 4. The van der Waals surface area contributed by atoms with E-state index in [4.69, 9.17) is 4.42 Å². The highest BCUT2D eigenvalue weighted by Gasteiger charge is 2.12. The van der Waals surface area contributed by atoms with Crippen LogP contribution in [0.5, 0.6) is 0 Å². The van der Waals surface area contributed by atoms with E-state index in [9.17, 15) is 4.39 Å². The lowest BCUT2D eigenvalue weighted by Gasteiger charge is -2.14. The third kappa shape index (κ3) is 2.85. The van der Waals surface area contributed by atoms with Gasteiger partial charge < -0.3 is 9.73 Å². The number of nitrogens with one attached hydrogen (secondary N) is 1. The van der Waals surface area contributed by atoms with E-state index in [0.717, 1.165) is 5.76 Å². The van der Waals surface area contributed by atoms with Crippen molar-refractivity contribution in [1.82, 2.24) is 9.97 Å². The molecule has 0 spiro atoms. The Kier molecular flexibility index (Phi) is 3.92. The van der Waals surface area contributed by atoms with E-state index >= 15 is 0 Å². The van der Waals surface area contributed by atoms with Gasteiger partial charge >= 0.3 is 0 Å². The Bertz CT molecular complexity index is 499. The Hall–Kier alpha value is -1.91. The molecule has 2 aromatic heterocycles. The average Bonchev–Trinajstić information content (AvgIpc) is 2.84. The molecule has 4 nitrogen and oxygen atoms in total. The molecule has 1 unspecified atom stereocenters. The first-order chi connectivity index (χ1) is 8.70. The second kappa shape index (κ2) is 5.62. The minimum absolute atomic E-state index is 0.0326. The van der Waals surface area contributed by atoms with E-state index < -0.39 is 0 Å². The Morgan fingerprint density at radius 3 is 2.94 bits per heavy atom. The maximum Gasteiger partial charge on any atom is 0.186 e. The Balaban J connectivity index is 2.05. The maximum atomic E-state index is 13.9. The van der Waals surface area contributed by atoms with Gasteiger partial charge in [-0.25, -0.2) is 14.4 Å². The van der Waals surface area contributed by atoms with E-state index in [1.54, 1.807) is 6.26 Å². The van der Waals surface area contributed by atoms with Crippen molar-refractivity contribution in [3.8, 4) is 0 Å². The fourth-order valence-corrected chi connectivity index (χ4v) is 1.77. The van der Waals surface area contributed by atoms with E-state index in [1.165, 1.54) is 6.33 Å². The summed E-state index contributed by atoms with van der Waals surface area (Å²) in [4.78, 5) is 7.82. The summed E-state index contributed by atoms with van der Waals surface area (Å²) in [5.74, 6) is 0.743. The van der Waals surface area contributed by atoms with Crippen LogP contribution in [0, 0.1) is 5.82 Å². The molecular weight excluding hydrogens is 233 g/mol. The van der Waals surface area contributed by atoms with E-state index in [1.807, 2.05) is 26.0 Å². The number of hydrogen-bond donors (Lipinski definition) is 1. The van der Waals surface area contributed by atoms with Crippen molar-refractivity contribution in [3.63, 3.8) is 0 Å². The molecule has 2 rings (SSSR count). The van der Waals surface area contributed by atoms with E-state index in [-0.39, 0.29) is 17.7 Å². The summed E-state index contributed by atoms with van der Waals surface area (Å²) in [6.45, 7) is 3.82. The van der Waals surface area contributed by atoms with Crippen molar-refractivity contribution in [2.75, 3.05) is 5.32 Å². The molecule has 0 aliphatic heterocycles. The fourth-order valence-electron chi connectivity index (χ4n) is 1.77. The molecule has 0 fully saturated rings. The predicted molar refractivity (Wildman–Crippen MR) is 66.9 cm³/mol. The van der Waals surface area contributed by atoms with Gasteiger partial charge in [-0.2, -0.15) is 0 Å². The van der Waals surface area contributed by atoms with Crippen molar-refractivity contribution in [3.05, 3.63) is 42.0 Å². The van der Waals surface area contributed by atoms with Crippen LogP contribution in [0.4, 0.5) is 10.2 Å². The van der Waals surface area contributed by atoms with Crippen LogP contribution in [-0.2, 0) is 12.8 Å². The lowest BCUT2D eigenvalue weighted by Crippen LogP contribution is -2.20. The molecule has 1 atom stereocenters. The number of rotatable bonds is 5. The normalized spacial score (nSPS) is 12.4. The first-order valence-corrected chi connectivity index (χ1v) is 5.99. The smallest absolute Gasteiger partial charge is 0.186 e. The van der Waals surface area contributed by atoms with Crippen molar-refractivity contribution in [2.24, 2.45) is 0 Å². The van der Waals surface area contributed by atoms with Gasteiger partial charge in [-0.3, -0.25) is 0 Å². The quantitative estimate of drug-likeness (QED) is 0.885. The molecule has 2 heterocycles. The molecular formula is C13H16FN3O. The second-order valence-corrected chi connectivity index (χ2v) is 4.17. The first kappa shape index (κ1) is 12.5. The number of halogens is 1. The molecule has 18 heavy (non-hydrogen) atoms. The van der Waals surface area contributed by atoms with Gasteiger partial charge in [0.15, 0.2) is 11.6 Å². The highest BCUT2D eigenvalue weighted by atomic mass is 19.1. The Morgan fingerprint density at radius 1 is 1.44 bits per heavy atom. The van der Waals surface area contributed by atoms with Gasteiger partial charge in [0.05, 0.1) is 12.0 Å². The average molecular weight is 249 g/mol. The number of aromatic nitrogens is 2. The highest BCUT2D eigenvalue weighted by molar-refractivity contribution is 5.38. The van der Waals surface area contributed by atoms with Gasteiger partial charge in [0.2, 0.25) is 0 Å². The molecule has 1 N–H and O–H groups in total. The predicted octanol–water partition coefficient (Wildman–Crippen LogP) is 2.81. The lowest BCUT2D eigenvalue weighted by atomic mass is 10.2. The van der Waals surface area contributed by atoms with Crippen molar-refractivity contribution < 1.29 is 8.81 Å². The minimum Gasteiger partial charge on any atom is -0.469 e. The van der Waals surface area contributed by atoms with Crippen LogP contribution in [-0.4, -0.2) is 16.0 Å². The third-order valence-corrected chi connectivity index (χ3v) is 2.67. The molecule has 2 aromatic rings. The monoisotopic (exact) mass is 249 g/mol. The SMILES string of the molecule is CCc1ncnc(NC(C)Cc2ccco2)c1F. The standard InChI is InChI=1S/C13H16FN3O/c1-3-11-12(14)13(16-8-15-11)17-9(2)7-10-5-4-6-18-10/h4-6,8-9H,3,7H2,1-2H3,(H,15,16,17).